The summed E-state index contributed by atoms with van der Waals surface area (Å²) >= 11 is 0. The lowest BCUT2D eigenvalue weighted by Crippen LogP contribution is -2.09. The lowest BCUT2D eigenvalue weighted by atomic mass is 10.1. The molecule has 0 fully saturated rings. The second kappa shape index (κ2) is 6.99. The van der Waals surface area contributed by atoms with Gasteiger partial charge in [0.1, 0.15) is 5.75 Å². The first-order valence-corrected chi connectivity index (χ1v) is 8.30. The molecule has 0 N–H and O–H groups in total. The minimum Gasteiger partial charge on any atom is -0.491 e. The second-order valence-corrected chi connectivity index (χ2v) is 6.04. The van der Waals surface area contributed by atoms with Gasteiger partial charge in [-0.15, -0.1) is 0 Å². The highest BCUT2D eigenvalue weighted by atomic mass is 16.5. The third-order valence-electron chi connectivity index (χ3n) is 4.29. The monoisotopic (exact) mass is 301 g/mol. The largest absolute Gasteiger partial charge is 0.491 e. The number of ketones is 1. The zero-order valence-electron chi connectivity index (χ0n) is 14.4. The van der Waals surface area contributed by atoms with Crippen LogP contribution < -0.4 is 4.74 Å². The molecular formula is C19H27NO2. The van der Waals surface area contributed by atoms with Crippen LogP contribution in [0.4, 0.5) is 0 Å². The number of carbonyl (C=O) groups excluding carboxylic acids is 1. The summed E-state index contributed by atoms with van der Waals surface area (Å²) in [7, 11) is 0. The van der Waals surface area contributed by atoms with Gasteiger partial charge in [0.05, 0.1) is 6.10 Å². The van der Waals surface area contributed by atoms with Crippen molar-refractivity contribution in [1.29, 1.82) is 0 Å². The summed E-state index contributed by atoms with van der Waals surface area (Å²) < 4.78 is 8.18. The standard InChI is InChI=1S/C19H27NO2/c1-6-8-11-20-14(4)19(15(5)21)17-12-16(9-10-18(17)20)22-13(3)7-2/h9-10,12-13H,6-8,11H2,1-5H3/t13-/m0/s1. The van der Waals surface area contributed by atoms with Crippen LogP contribution in [-0.2, 0) is 6.54 Å². The molecule has 3 nitrogen and oxygen atoms in total. The number of hydrogen-bond acceptors (Lipinski definition) is 2. The first-order valence-electron chi connectivity index (χ1n) is 8.30. The molecule has 0 bridgehead atoms. The average Bonchev–Trinajstić information content (AvgIpc) is 2.76. The van der Waals surface area contributed by atoms with E-state index in [1.165, 1.54) is 0 Å². The molecule has 0 amide bonds. The Morgan fingerprint density at radius 3 is 2.64 bits per heavy atom. The van der Waals surface area contributed by atoms with Crippen LogP contribution in [0.3, 0.4) is 0 Å². The molecule has 1 heterocycles. The van der Waals surface area contributed by atoms with Gasteiger partial charge < -0.3 is 9.30 Å². The molecule has 22 heavy (non-hydrogen) atoms. The van der Waals surface area contributed by atoms with Gasteiger partial charge in [0.25, 0.3) is 0 Å². The van der Waals surface area contributed by atoms with Gasteiger partial charge in [0.15, 0.2) is 5.78 Å². The summed E-state index contributed by atoms with van der Waals surface area (Å²) in [6.45, 7) is 11.0. The summed E-state index contributed by atoms with van der Waals surface area (Å²) in [5, 5.41) is 1.02. The molecular weight excluding hydrogens is 274 g/mol. The van der Waals surface area contributed by atoms with Gasteiger partial charge in [-0.1, -0.05) is 20.3 Å². The van der Waals surface area contributed by atoms with Crippen molar-refractivity contribution in [3.8, 4) is 5.75 Å². The number of aromatic nitrogens is 1. The molecule has 0 saturated heterocycles. The highest BCUT2D eigenvalue weighted by molar-refractivity contribution is 6.08. The van der Waals surface area contributed by atoms with Gasteiger partial charge in [0.2, 0.25) is 0 Å². The van der Waals surface area contributed by atoms with Crippen molar-refractivity contribution < 1.29 is 9.53 Å². The predicted molar refractivity (Wildman–Crippen MR) is 92.0 cm³/mol. The average molecular weight is 301 g/mol. The Labute approximate surface area is 133 Å². The highest BCUT2D eigenvalue weighted by Gasteiger charge is 2.18. The number of ether oxygens (including phenoxy) is 1. The third-order valence-corrected chi connectivity index (χ3v) is 4.29. The van der Waals surface area contributed by atoms with E-state index in [-0.39, 0.29) is 11.9 Å². The van der Waals surface area contributed by atoms with Crippen molar-refractivity contribution in [2.75, 3.05) is 0 Å². The summed E-state index contributed by atoms with van der Waals surface area (Å²) in [6, 6.07) is 6.12. The molecule has 0 spiro atoms. The number of fused-ring (bicyclic) bond motifs is 1. The predicted octanol–water partition coefficient (Wildman–Crippen LogP) is 5.13. The molecule has 0 aliphatic rings. The number of hydrogen-bond donors (Lipinski definition) is 0. The molecule has 1 atom stereocenters. The van der Waals surface area contributed by atoms with E-state index >= 15 is 0 Å². The molecule has 0 radical (unpaired) electrons. The summed E-state index contributed by atoms with van der Waals surface area (Å²) in [5.74, 6) is 0.968. The van der Waals surface area contributed by atoms with E-state index in [0.29, 0.717) is 0 Å². The molecule has 0 aliphatic heterocycles. The van der Waals surface area contributed by atoms with Gasteiger partial charge in [-0.05, 0) is 51.8 Å². The number of rotatable bonds is 7. The Morgan fingerprint density at radius 1 is 1.32 bits per heavy atom. The van der Waals surface area contributed by atoms with Crippen molar-refractivity contribution in [1.82, 2.24) is 4.57 Å². The van der Waals surface area contributed by atoms with Crippen molar-refractivity contribution in [3.63, 3.8) is 0 Å². The fourth-order valence-corrected chi connectivity index (χ4v) is 2.90. The molecule has 1 aromatic heterocycles. The zero-order valence-corrected chi connectivity index (χ0v) is 14.4. The minimum absolute atomic E-state index is 0.124. The van der Waals surface area contributed by atoms with Crippen molar-refractivity contribution in [3.05, 3.63) is 29.5 Å². The quantitative estimate of drug-likeness (QED) is 0.664. The lowest BCUT2D eigenvalue weighted by Gasteiger charge is -2.13. The summed E-state index contributed by atoms with van der Waals surface area (Å²) in [4.78, 5) is 12.1. The molecule has 0 aliphatic carbocycles. The number of unbranched alkanes of at least 4 members (excludes halogenated alkanes) is 1. The molecule has 2 aromatic rings. The van der Waals surface area contributed by atoms with Gasteiger partial charge in [-0.25, -0.2) is 0 Å². The van der Waals surface area contributed by atoms with Crippen LogP contribution in [0.25, 0.3) is 10.9 Å². The second-order valence-electron chi connectivity index (χ2n) is 6.04. The highest BCUT2D eigenvalue weighted by Crippen LogP contribution is 2.30. The number of Topliss-reactive ketones (excluding diaryl/α,β-unsaturated/α-hetero) is 1. The van der Waals surface area contributed by atoms with Crippen LogP contribution in [0.2, 0.25) is 0 Å². The van der Waals surface area contributed by atoms with Crippen molar-refractivity contribution in [2.45, 2.75) is 66.5 Å². The number of aryl methyl sites for hydroxylation is 1. The zero-order chi connectivity index (χ0) is 16.3. The normalized spacial score (nSPS) is 12.6. The molecule has 0 saturated carbocycles. The first-order chi connectivity index (χ1) is 10.5. The van der Waals surface area contributed by atoms with Gasteiger partial charge in [-0.2, -0.15) is 0 Å². The maximum absolute atomic E-state index is 12.1. The Balaban J connectivity index is 2.54. The van der Waals surface area contributed by atoms with Gasteiger partial charge in [0, 0.05) is 28.7 Å². The van der Waals surface area contributed by atoms with Crippen LogP contribution in [0.1, 0.15) is 63.0 Å². The molecule has 1 aromatic carbocycles. The SMILES string of the molecule is CCCCn1c(C)c(C(C)=O)c2cc(O[C@@H](C)CC)ccc21. The van der Waals surface area contributed by atoms with E-state index in [1.807, 2.05) is 19.1 Å². The van der Waals surface area contributed by atoms with E-state index < -0.39 is 0 Å². The van der Waals surface area contributed by atoms with E-state index in [9.17, 15) is 4.79 Å². The van der Waals surface area contributed by atoms with Crippen LogP contribution in [0.5, 0.6) is 5.75 Å². The number of carbonyl (C=O) groups is 1. The Hall–Kier alpha value is -1.77. The minimum atomic E-state index is 0.124. The van der Waals surface area contributed by atoms with Gasteiger partial charge >= 0.3 is 0 Å². The lowest BCUT2D eigenvalue weighted by molar-refractivity contribution is 0.101. The fourth-order valence-electron chi connectivity index (χ4n) is 2.90. The third kappa shape index (κ3) is 3.18. The fraction of sp³-hybridized carbons (Fsp3) is 0.526. The first kappa shape index (κ1) is 16.6. The maximum Gasteiger partial charge on any atom is 0.162 e. The van der Waals surface area contributed by atoms with E-state index in [0.717, 1.165) is 53.7 Å². The molecule has 3 heteroatoms. The van der Waals surface area contributed by atoms with Gasteiger partial charge in [-0.3, -0.25) is 4.79 Å². The van der Waals surface area contributed by atoms with Crippen LogP contribution in [0.15, 0.2) is 18.2 Å². The summed E-state index contributed by atoms with van der Waals surface area (Å²) in [6.07, 6.45) is 3.41. The molecule has 120 valence electrons. The topological polar surface area (TPSA) is 31.2 Å². The Morgan fingerprint density at radius 2 is 2.05 bits per heavy atom. The van der Waals surface area contributed by atoms with Crippen molar-refractivity contribution >= 4 is 16.7 Å². The smallest absolute Gasteiger partial charge is 0.162 e. The maximum atomic E-state index is 12.1. The van der Waals surface area contributed by atoms with E-state index in [4.69, 9.17) is 4.74 Å². The molecule has 0 unspecified atom stereocenters. The van der Waals surface area contributed by atoms with Crippen LogP contribution in [0, 0.1) is 6.92 Å². The van der Waals surface area contributed by atoms with Crippen molar-refractivity contribution in [2.24, 2.45) is 0 Å². The van der Waals surface area contributed by atoms with Crippen LogP contribution in [-0.4, -0.2) is 16.5 Å². The summed E-state index contributed by atoms with van der Waals surface area (Å²) in [5.41, 5.74) is 3.03. The number of nitrogens with zero attached hydrogens (tertiary/aromatic N) is 1. The Bertz CT molecular complexity index is 670. The number of benzene rings is 1. The molecule has 2 rings (SSSR count). The van der Waals surface area contributed by atoms with E-state index in [1.54, 1.807) is 6.92 Å². The Kier molecular flexibility index (Phi) is 5.28. The van der Waals surface area contributed by atoms with E-state index in [2.05, 4.69) is 31.4 Å². The van der Waals surface area contributed by atoms with Crippen LogP contribution >= 0.6 is 0 Å².